The Morgan fingerprint density at radius 1 is 1.06 bits per heavy atom. The zero-order chi connectivity index (χ0) is 21.8. The number of hydrogen-bond donors (Lipinski definition) is 1. The van der Waals surface area contributed by atoms with Gasteiger partial charge in [0.05, 0.1) is 21.3 Å². The molecule has 1 N–H and O–H groups in total. The van der Waals surface area contributed by atoms with Crippen molar-refractivity contribution >= 4 is 28.3 Å². The lowest BCUT2D eigenvalue weighted by Crippen LogP contribution is -2.17. The molecule has 158 valence electrons. The van der Waals surface area contributed by atoms with Crippen molar-refractivity contribution in [1.29, 1.82) is 0 Å². The topological polar surface area (TPSA) is 89.2 Å². The summed E-state index contributed by atoms with van der Waals surface area (Å²) in [7, 11) is -1.28. The zero-order valence-electron chi connectivity index (χ0n) is 17.4. The van der Waals surface area contributed by atoms with Gasteiger partial charge in [-0.25, -0.2) is 4.98 Å². The molecule has 2 aromatic heterocycles. The van der Waals surface area contributed by atoms with Crippen LogP contribution in [0.15, 0.2) is 65.6 Å². The Hall–Kier alpha value is -3.39. The van der Waals surface area contributed by atoms with Crippen LogP contribution in [0.5, 0.6) is 0 Å². The van der Waals surface area contributed by atoms with Crippen LogP contribution in [0.1, 0.15) is 35.8 Å². The number of carbonyl (C=O) groups is 1. The summed E-state index contributed by atoms with van der Waals surface area (Å²) in [6, 6.07) is 18.3. The lowest BCUT2D eigenvalue weighted by atomic mass is 10.2. The number of hydrogen-bond acceptors (Lipinski definition) is 5. The Bertz CT molecular complexity index is 1250. The van der Waals surface area contributed by atoms with Crippen LogP contribution >= 0.6 is 0 Å². The molecular weight excluding hydrogens is 410 g/mol. The van der Waals surface area contributed by atoms with Crippen LogP contribution in [0.2, 0.25) is 0 Å². The fraction of sp³-hybridized carbons (Fsp3) is 0.217. The molecule has 1 unspecified atom stereocenters. The maximum atomic E-state index is 13.1. The largest absolute Gasteiger partial charge is 0.306 e. The van der Waals surface area contributed by atoms with Crippen LogP contribution in [-0.2, 0) is 17.2 Å². The third-order valence-electron chi connectivity index (χ3n) is 4.87. The van der Waals surface area contributed by atoms with Gasteiger partial charge in [0.2, 0.25) is 0 Å². The second kappa shape index (κ2) is 9.18. The summed E-state index contributed by atoms with van der Waals surface area (Å²) < 4.78 is 13.6. The highest BCUT2D eigenvalue weighted by molar-refractivity contribution is 7.84. The number of nitrogens with one attached hydrogen (secondary N) is 1. The third-order valence-corrected chi connectivity index (χ3v) is 5.84. The smallest absolute Gasteiger partial charge is 0.258 e. The molecule has 7 nitrogen and oxygen atoms in total. The molecule has 0 aliphatic rings. The summed E-state index contributed by atoms with van der Waals surface area (Å²) in [5.74, 6) is 1.09. The van der Waals surface area contributed by atoms with Crippen LogP contribution < -0.4 is 5.32 Å². The minimum Gasteiger partial charge on any atom is -0.306 e. The van der Waals surface area contributed by atoms with Crippen LogP contribution in [0.25, 0.3) is 17.2 Å². The fourth-order valence-electron chi connectivity index (χ4n) is 3.29. The molecule has 0 saturated heterocycles. The average Bonchev–Trinajstić information content (AvgIpc) is 3.23. The highest BCUT2D eigenvalue weighted by Crippen LogP contribution is 2.21. The van der Waals surface area contributed by atoms with Gasteiger partial charge in [0.25, 0.3) is 11.7 Å². The number of amides is 1. The highest BCUT2D eigenvalue weighted by Gasteiger charge is 2.18. The van der Waals surface area contributed by atoms with Gasteiger partial charge in [-0.05, 0) is 25.0 Å². The van der Waals surface area contributed by atoms with Gasteiger partial charge in [0.15, 0.2) is 5.82 Å². The fourth-order valence-corrected chi connectivity index (χ4v) is 4.03. The molecule has 0 aliphatic heterocycles. The summed E-state index contributed by atoms with van der Waals surface area (Å²) >= 11 is 0. The van der Waals surface area contributed by atoms with Gasteiger partial charge >= 0.3 is 0 Å². The summed E-state index contributed by atoms with van der Waals surface area (Å²) in [4.78, 5) is 22.8. The van der Waals surface area contributed by atoms with Gasteiger partial charge in [-0.15, -0.1) is 5.10 Å². The summed E-state index contributed by atoms with van der Waals surface area (Å²) in [6.07, 6.45) is 4.35. The summed E-state index contributed by atoms with van der Waals surface area (Å²) in [5, 5.41) is 7.50. The van der Waals surface area contributed by atoms with Crippen LogP contribution in [0.3, 0.4) is 0 Å². The third kappa shape index (κ3) is 4.54. The number of benzene rings is 2. The second-order valence-corrected chi connectivity index (χ2v) is 8.50. The van der Waals surface area contributed by atoms with Crippen molar-refractivity contribution in [3.63, 3.8) is 0 Å². The molecule has 8 heteroatoms. The Kier molecular flexibility index (Phi) is 6.18. The monoisotopic (exact) mass is 433 g/mol. The van der Waals surface area contributed by atoms with E-state index >= 15 is 0 Å². The minimum atomic E-state index is -1.28. The number of anilines is 1. The first kappa shape index (κ1) is 20.9. The first-order chi connectivity index (χ1) is 15.1. The van der Waals surface area contributed by atoms with Gasteiger partial charge in [0, 0.05) is 23.6 Å². The molecule has 0 radical (unpaired) electrons. The number of fused-ring (bicyclic) bond motifs is 1. The second-order valence-electron chi connectivity index (χ2n) is 7.15. The predicted octanol–water partition coefficient (Wildman–Crippen LogP) is 4.12. The summed E-state index contributed by atoms with van der Waals surface area (Å²) in [5.41, 5.74) is 2.07. The average molecular weight is 434 g/mol. The van der Waals surface area contributed by atoms with E-state index < -0.39 is 10.8 Å². The van der Waals surface area contributed by atoms with Crippen molar-refractivity contribution in [2.45, 2.75) is 31.1 Å². The van der Waals surface area contributed by atoms with Crippen LogP contribution in [0, 0.1) is 0 Å². The normalized spacial score (nSPS) is 12.1. The van der Waals surface area contributed by atoms with Crippen LogP contribution in [-0.4, -0.2) is 36.0 Å². The van der Waals surface area contributed by atoms with Crippen molar-refractivity contribution in [3.05, 3.63) is 71.9 Å². The number of unbranched alkanes of at least 4 members (excludes halogenated alkanes) is 1. The van der Waals surface area contributed by atoms with Gasteiger partial charge in [-0.1, -0.05) is 55.8 Å². The molecule has 0 fully saturated rings. The molecule has 0 aliphatic carbocycles. The molecule has 1 atom stereocenters. The van der Waals surface area contributed by atoms with Crippen molar-refractivity contribution in [1.82, 2.24) is 19.6 Å². The predicted molar refractivity (Wildman–Crippen MR) is 122 cm³/mol. The minimum absolute atomic E-state index is 0.350. The quantitative estimate of drug-likeness (QED) is 0.473. The molecule has 4 aromatic rings. The summed E-state index contributed by atoms with van der Waals surface area (Å²) in [6.45, 7) is 2.12. The van der Waals surface area contributed by atoms with E-state index in [1.807, 2.05) is 36.4 Å². The highest BCUT2D eigenvalue weighted by atomic mass is 32.2. The molecule has 2 aromatic carbocycles. The lowest BCUT2D eigenvalue weighted by Gasteiger charge is -2.10. The Morgan fingerprint density at radius 3 is 2.55 bits per heavy atom. The number of rotatable bonds is 7. The van der Waals surface area contributed by atoms with E-state index in [1.54, 1.807) is 35.0 Å². The van der Waals surface area contributed by atoms with E-state index in [0.29, 0.717) is 27.9 Å². The molecule has 0 bridgehead atoms. The van der Waals surface area contributed by atoms with Crippen molar-refractivity contribution in [2.75, 3.05) is 11.6 Å². The van der Waals surface area contributed by atoms with Gasteiger partial charge < -0.3 is 5.32 Å². The van der Waals surface area contributed by atoms with Crippen molar-refractivity contribution < 1.29 is 9.00 Å². The van der Waals surface area contributed by atoms with Crippen molar-refractivity contribution in [3.8, 4) is 11.4 Å². The van der Waals surface area contributed by atoms with E-state index in [-0.39, 0.29) is 5.91 Å². The Labute approximate surface area is 183 Å². The first-order valence-electron chi connectivity index (χ1n) is 10.1. The zero-order valence-corrected chi connectivity index (χ0v) is 18.2. The molecular formula is C23H23N5O2S. The number of aryl methyl sites for hydroxylation is 1. The van der Waals surface area contributed by atoms with E-state index in [4.69, 9.17) is 0 Å². The standard InChI is InChI=1S/C23H23N5O2S/c1-3-4-12-17-15-20(25-22(29)18-13-8-9-14-19(18)31(2)30)28-23(24-17)26-21(27-28)16-10-6-5-7-11-16/h5-11,13-15H,3-4,12H2,1-2H3,(H,25,29). The lowest BCUT2D eigenvalue weighted by molar-refractivity contribution is 0.102. The number of nitrogens with zero attached hydrogens (tertiary/aromatic N) is 4. The first-order valence-corrected chi connectivity index (χ1v) is 11.7. The van der Waals surface area contributed by atoms with E-state index in [9.17, 15) is 9.00 Å². The molecule has 1 amide bonds. The maximum absolute atomic E-state index is 13.1. The maximum Gasteiger partial charge on any atom is 0.258 e. The number of aromatic nitrogens is 4. The van der Waals surface area contributed by atoms with Crippen LogP contribution in [0.4, 0.5) is 5.82 Å². The van der Waals surface area contributed by atoms with E-state index in [0.717, 1.165) is 30.5 Å². The molecule has 31 heavy (non-hydrogen) atoms. The van der Waals surface area contributed by atoms with Gasteiger partial charge in [0.1, 0.15) is 5.82 Å². The van der Waals surface area contributed by atoms with Crippen molar-refractivity contribution in [2.24, 2.45) is 0 Å². The molecule has 2 heterocycles. The molecule has 0 saturated carbocycles. The Balaban J connectivity index is 1.77. The van der Waals surface area contributed by atoms with Gasteiger partial charge in [-0.2, -0.15) is 9.50 Å². The molecule has 4 rings (SSSR count). The van der Waals surface area contributed by atoms with E-state index in [1.165, 1.54) is 0 Å². The SMILES string of the molecule is CCCCc1cc(NC(=O)c2ccccc2S(C)=O)n2nc(-c3ccccc3)nc2n1. The van der Waals surface area contributed by atoms with E-state index in [2.05, 4.69) is 27.3 Å². The number of carbonyl (C=O) groups excluding carboxylic acids is 1. The van der Waals surface area contributed by atoms with Gasteiger partial charge in [-0.3, -0.25) is 9.00 Å². The molecule has 0 spiro atoms. The Morgan fingerprint density at radius 2 is 1.81 bits per heavy atom.